The summed E-state index contributed by atoms with van der Waals surface area (Å²) in [5, 5.41) is 7.07. The lowest BCUT2D eigenvalue weighted by Gasteiger charge is -1.96. The smallest absolute Gasteiger partial charge is 0.255 e. The maximum absolute atomic E-state index is 11.3. The Hall–Kier alpha value is -1.02. The standard InChI is InChI=1S/C6H5BrN4O2S/c1-14(12,13)6-10-9-5-8-2-4(7)3-11(5)6/h2-3H,1H3. The predicted molar refractivity (Wildman–Crippen MR) is 51.6 cm³/mol. The van der Waals surface area contributed by atoms with Gasteiger partial charge in [0.1, 0.15) is 0 Å². The molecular weight excluding hydrogens is 272 g/mol. The van der Waals surface area contributed by atoms with Crippen molar-refractivity contribution in [1.82, 2.24) is 19.6 Å². The van der Waals surface area contributed by atoms with Crippen LogP contribution in [0.25, 0.3) is 5.78 Å². The first kappa shape index (κ1) is 9.53. The molecule has 0 saturated carbocycles. The highest BCUT2D eigenvalue weighted by Crippen LogP contribution is 2.12. The molecule has 2 heterocycles. The van der Waals surface area contributed by atoms with Crippen LogP contribution in [0.5, 0.6) is 0 Å². The predicted octanol–water partition coefficient (Wildman–Crippen LogP) is 0.290. The monoisotopic (exact) mass is 276 g/mol. The molecule has 0 spiro atoms. The van der Waals surface area contributed by atoms with Crippen molar-refractivity contribution in [3.8, 4) is 0 Å². The van der Waals surface area contributed by atoms with E-state index in [1.165, 1.54) is 10.6 Å². The summed E-state index contributed by atoms with van der Waals surface area (Å²) in [4.78, 5) is 3.89. The first-order chi connectivity index (χ1) is 6.48. The minimum atomic E-state index is -3.37. The van der Waals surface area contributed by atoms with E-state index in [4.69, 9.17) is 0 Å². The lowest BCUT2D eigenvalue weighted by atomic mass is 10.7. The van der Waals surface area contributed by atoms with Gasteiger partial charge in [0.2, 0.25) is 9.84 Å². The average molecular weight is 277 g/mol. The van der Waals surface area contributed by atoms with Gasteiger partial charge in [-0.25, -0.2) is 13.4 Å². The van der Waals surface area contributed by atoms with Gasteiger partial charge < -0.3 is 0 Å². The molecule has 0 atom stereocenters. The number of aromatic nitrogens is 4. The molecule has 2 aromatic heterocycles. The third-order valence-electron chi connectivity index (χ3n) is 1.53. The van der Waals surface area contributed by atoms with Crippen molar-refractivity contribution < 1.29 is 8.42 Å². The van der Waals surface area contributed by atoms with Gasteiger partial charge >= 0.3 is 0 Å². The Bertz CT molecular complexity index is 591. The Kier molecular flexibility index (Phi) is 2.04. The van der Waals surface area contributed by atoms with Crippen molar-refractivity contribution in [3.63, 3.8) is 0 Å². The van der Waals surface area contributed by atoms with E-state index in [-0.39, 0.29) is 10.9 Å². The second-order valence-electron chi connectivity index (χ2n) is 2.70. The van der Waals surface area contributed by atoms with Crippen molar-refractivity contribution in [1.29, 1.82) is 0 Å². The van der Waals surface area contributed by atoms with Crippen molar-refractivity contribution >= 4 is 31.5 Å². The summed E-state index contributed by atoms with van der Waals surface area (Å²) in [6.07, 6.45) is 4.15. The molecule has 0 aromatic carbocycles. The molecule has 0 radical (unpaired) electrons. The fourth-order valence-electron chi connectivity index (χ4n) is 0.999. The minimum absolute atomic E-state index is 0.110. The van der Waals surface area contributed by atoms with Crippen LogP contribution in [0.1, 0.15) is 0 Å². The molecule has 0 unspecified atom stereocenters. The van der Waals surface area contributed by atoms with E-state index in [0.29, 0.717) is 4.47 Å². The summed E-state index contributed by atoms with van der Waals surface area (Å²) in [7, 11) is -3.37. The Labute approximate surface area is 88.0 Å². The number of rotatable bonds is 1. The summed E-state index contributed by atoms with van der Waals surface area (Å²) < 4.78 is 24.5. The first-order valence-corrected chi connectivity index (χ1v) is 6.23. The Balaban J connectivity index is 2.87. The maximum atomic E-state index is 11.3. The zero-order valence-electron chi connectivity index (χ0n) is 7.05. The van der Waals surface area contributed by atoms with Crippen LogP contribution in [0.3, 0.4) is 0 Å². The van der Waals surface area contributed by atoms with E-state index in [1.807, 2.05) is 0 Å². The third kappa shape index (κ3) is 1.50. The van der Waals surface area contributed by atoms with Crippen molar-refractivity contribution in [2.45, 2.75) is 5.16 Å². The lowest BCUT2D eigenvalue weighted by molar-refractivity contribution is 0.591. The van der Waals surface area contributed by atoms with Gasteiger partial charge in [-0.3, -0.25) is 4.40 Å². The fraction of sp³-hybridized carbons (Fsp3) is 0.167. The topological polar surface area (TPSA) is 77.2 Å². The van der Waals surface area contributed by atoms with Crippen LogP contribution in [0.4, 0.5) is 0 Å². The molecule has 0 fully saturated rings. The van der Waals surface area contributed by atoms with Crippen LogP contribution in [0.2, 0.25) is 0 Å². The lowest BCUT2D eigenvalue weighted by Crippen LogP contribution is -2.03. The Morgan fingerprint density at radius 3 is 2.79 bits per heavy atom. The zero-order chi connectivity index (χ0) is 10.3. The van der Waals surface area contributed by atoms with E-state index < -0.39 is 9.84 Å². The van der Waals surface area contributed by atoms with Crippen LogP contribution in [0, 0.1) is 0 Å². The van der Waals surface area contributed by atoms with Gasteiger partial charge in [0.25, 0.3) is 10.9 Å². The number of hydrogen-bond acceptors (Lipinski definition) is 5. The van der Waals surface area contributed by atoms with E-state index in [9.17, 15) is 8.42 Å². The van der Waals surface area contributed by atoms with Gasteiger partial charge in [0, 0.05) is 18.6 Å². The van der Waals surface area contributed by atoms with Gasteiger partial charge in [-0.05, 0) is 15.9 Å². The van der Waals surface area contributed by atoms with Crippen molar-refractivity contribution in [2.75, 3.05) is 6.26 Å². The highest BCUT2D eigenvalue weighted by molar-refractivity contribution is 9.10. The highest BCUT2D eigenvalue weighted by atomic mass is 79.9. The number of fused-ring (bicyclic) bond motifs is 1. The molecule has 0 aliphatic carbocycles. The van der Waals surface area contributed by atoms with E-state index in [2.05, 4.69) is 31.1 Å². The Morgan fingerprint density at radius 2 is 2.14 bits per heavy atom. The van der Waals surface area contributed by atoms with Gasteiger partial charge in [0.05, 0.1) is 4.47 Å². The van der Waals surface area contributed by atoms with Crippen molar-refractivity contribution in [2.24, 2.45) is 0 Å². The Morgan fingerprint density at radius 1 is 1.43 bits per heavy atom. The van der Waals surface area contributed by atoms with Gasteiger partial charge in [-0.2, -0.15) is 0 Å². The summed E-state index contributed by atoms with van der Waals surface area (Å²) in [5.41, 5.74) is 0. The summed E-state index contributed by atoms with van der Waals surface area (Å²) in [5.74, 6) is 0.258. The van der Waals surface area contributed by atoms with Crippen molar-refractivity contribution in [3.05, 3.63) is 16.9 Å². The molecule has 2 rings (SSSR count). The van der Waals surface area contributed by atoms with Crippen LogP contribution < -0.4 is 0 Å². The van der Waals surface area contributed by atoms with Crippen LogP contribution in [-0.4, -0.2) is 34.3 Å². The van der Waals surface area contributed by atoms with E-state index in [1.54, 1.807) is 6.20 Å². The molecule has 0 N–H and O–H groups in total. The zero-order valence-corrected chi connectivity index (χ0v) is 9.45. The molecule has 0 bridgehead atoms. The van der Waals surface area contributed by atoms with E-state index >= 15 is 0 Å². The van der Waals surface area contributed by atoms with E-state index in [0.717, 1.165) is 6.26 Å². The molecule has 0 saturated heterocycles. The van der Waals surface area contributed by atoms with Gasteiger partial charge in [0.15, 0.2) is 0 Å². The average Bonchev–Trinajstić information content (AvgIpc) is 2.45. The molecule has 0 aliphatic heterocycles. The first-order valence-electron chi connectivity index (χ1n) is 3.55. The maximum Gasteiger partial charge on any atom is 0.255 e. The van der Waals surface area contributed by atoms with Crippen LogP contribution >= 0.6 is 15.9 Å². The summed E-state index contributed by atoms with van der Waals surface area (Å²) >= 11 is 3.18. The third-order valence-corrected chi connectivity index (χ3v) is 2.89. The normalized spacial score (nSPS) is 12.1. The second kappa shape index (κ2) is 2.99. The second-order valence-corrected chi connectivity index (χ2v) is 5.52. The number of nitrogens with zero attached hydrogens (tertiary/aromatic N) is 4. The number of sulfone groups is 1. The SMILES string of the molecule is CS(=O)(=O)c1nnc2ncc(Br)cn12. The molecule has 0 amide bonds. The molecule has 0 aliphatic rings. The highest BCUT2D eigenvalue weighted by Gasteiger charge is 2.16. The summed E-state index contributed by atoms with van der Waals surface area (Å²) in [6.45, 7) is 0. The quantitative estimate of drug-likeness (QED) is 0.748. The summed E-state index contributed by atoms with van der Waals surface area (Å²) in [6, 6.07) is 0. The fourth-order valence-corrected chi connectivity index (χ4v) is 1.99. The molecule has 8 heteroatoms. The molecule has 74 valence electrons. The molecule has 14 heavy (non-hydrogen) atoms. The largest absolute Gasteiger partial charge is 0.256 e. The molecular formula is C6H5BrN4O2S. The van der Waals surface area contributed by atoms with Crippen LogP contribution in [0.15, 0.2) is 22.0 Å². The molecule has 2 aromatic rings. The van der Waals surface area contributed by atoms with Gasteiger partial charge in [-0.1, -0.05) is 0 Å². The minimum Gasteiger partial charge on any atom is -0.256 e. The van der Waals surface area contributed by atoms with Gasteiger partial charge in [-0.15, -0.1) is 10.2 Å². The number of hydrogen-bond donors (Lipinski definition) is 0. The number of halogens is 1. The molecule has 6 nitrogen and oxygen atoms in total. The van der Waals surface area contributed by atoms with Crippen LogP contribution in [-0.2, 0) is 9.84 Å².